The van der Waals surface area contributed by atoms with E-state index >= 15 is 0 Å². The fourth-order valence-electron chi connectivity index (χ4n) is 3.15. The largest absolute Gasteiger partial charge is 0.490 e. The van der Waals surface area contributed by atoms with Gasteiger partial charge in [0.15, 0.2) is 11.6 Å². The van der Waals surface area contributed by atoms with Gasteiger partial charge in [0.05, 0.1) is 13.2 Å². The lowest BCUT2D eigenvalue weighted by Crippen LogP contribution is -2.47. The summed E-state index contributed by atoms with van der Waals surface area (Å²) in [5.74, 6) is 0.562. The van der Waals surface area contributed by atoms with Gasteiger partial charge in [-0.15, -0.1) is 0 Å². The molecule has 2 nitrogen and oxygen atoms in total. The molecule has 1 saturated heterocycles. The second-order valence-electron chi connectivity index (χ2n) is 5.32. The first kappa shape index (κ1) is 11.0. The third-order valence-corrected chi connectivity index (χ3v) is 4.30. The molecular weight excluding hydrogens is 219 g/mol. The molecule has 0 aliphatic carbocycles. The molecule has 0 radical (unpaired) electrons. The van der Waals surface area contributed by atoms with Crippen LogP contribution in [0.5, 0.6) is 5.75 Å². The minimum atomic E-state index is -0.239. The van der Waals surface area contributed by atoms with Crippen LogP contribution in [-0.2, 0) is 10.2 Å². The van der Waals surface area contributed by atoms with E-state index in [0.29, 0.717) is 24.9 Å². The molecular formula is C14H17FO2. The van der Waals surface area contributed by atoms with E-state index in [1.807, 2.05) is 13.0 Å². The Hall–Kier alpha value is -1.09. The Labute approximate surface area is 101 Å². The summed E-state index contributed by atoms with van der Waals surface area (Å²) in [6.45, 7) is 6.27. The molecule has 2 heterocycles. The van der Waals surface area contributed by atoms with Crippen molar-refractivity contribution in [2.24, 2.45) is 5.92 Å². The molecule has 0 aromatic heterocycles. The summed E-state index contributed by atoms with van der Waals surface area (Å²) < 4.78 is 25.0. The second kappa shape index (κ2) is 3.70. The van der Waals surface area contributed by atoms with Crippen LogP contribution in [0.25, 0.3) is 0 Å². The molecule has 0 N–H and O–H groups in total. The minimum Gasteiger partial charge on any atom is -0.490 e. The van der Waals surface area contributed by atoms with Gasteiger partial charge in [0.1, 0.15) is 0 Å². The minimum absolute atomic E-state index is 0.00197. The molecule has 1 aromatic carbocycles. The fraction of sp³-hybridized carbons (Fsp3) is 0.571. The normalized spacial score (nSPS) is 31.4. The highest BCUT2D eigenvalue weighted by Gasteiger charge is 2.45. The zero-order chi connectivity index (χ0) is 12.0. The van der Waals surface area contributed by atoms with Gasteiger partial charge in [-0.05, 0) is 25.0 Å². The summed E-state index contributed by atoms with van der Waals surface area (Å²) in [6, 6.07) is 3.35. The van der Waals surface area contributed by atoms with Crippen LogP contribution in [-0.4, -0.2) is 19.8 Å². The highest BCUT2D eigenvalue weighted by molar-refractivity contribution is 5.48. The van der Waals surface area contributed by atoms with Crippen molar-refractivity contribution >= 4 is 0 Å². The second-order valence-corrected chi connectivity index (χ2v) is 5.32. The summed E-state index contributed by atoms with van der Waals surface area (Å²) in [5.41, 5.74) is 2.17. The summed E-state index contributed by atoms with van der Waals surface area (Å²) >= 11 is 0. The standard InChI is InChI=1S/C14H17FO2/c1-9-3-4-11(15)13-12(9)14(2)5-6-16-7-10(14)8-17-13/h3-4,10H,5-8H2,1-2H3/t10?,14-/m1/s1. The van der Waals surface area contributed by atoms with Crippen LogP contribution in [0.15, 0.2) is 12.1 Å². The average molecular weight is 236 g/mol. The summed E-state index contributed by atoms with van der Waals surface area (Å²) in [6.07, 6.45) is 0.943. The number of hydrogen-bond acceptors (Lipinski definition) is 2. The number of aryl methyl sites for hydroxylation is 1. The Kier molecular flexibility index (Phi) is 2.40. The third-order valence-electron chi connectivity index (χ3n) is 4.30. The smallest absolute Gasteiger partial charge is 0.165 e. The van der Waals surface area contributed by atoms with Gasteiger partial charge >= 0.3 is 0 Å². The number of ether oxygens (including phenoxy) is 2. The maximum absolute atomic E-state index is 13.8. The van der Waals surface area contributed by atoms with Crippen molar-refractivity contribution in [3.8, 4) is 5.75 Å². The van der Waals surface area contributed by atoms with Crippen molar-refractivity contribution in [3.63, 3.8) is 0 Å². The predicted molar refractivity (Wildman–Crippen MR) is 62.9 cm³/mol. The quantitative estimate of drug-likeness (QED) is 0.689. The van der Waals surface area contributed by atoms with Crippen molar-refractivity contribution in [1.82, 2.24) is 0 Å². The number of halogens is 1. The van der Waals surface area contributed by atoms with Gasteiger partial charge < -0.3 is 9.47 Å². The van der Waals surface area contributed by atoms with Gasteiger partial charge in [-0.1, -0.05) is 13.0 Å². The van der Waals surface area contributed by atoms with Crippen LogP contribution in [0.1, 0.15) is 24.5 Å². The lowest BCUT2D eigenvalue weighted by Gasteiger charge is -2.46. The van der Waals surface area contributed by atoms with Gasteiger partial charge in [0.2, 0.25) is 0 Å². The Morgan fingerprint density at radius 2 is 2.18 bits per heavy atom. The maximum atomic E-state index is 13.8. The van der Waals surface area contributed by atoms with E-state index < -0.39 is 0 Å². The van der Waals surface area contributed by atoms with Crippen molar-refractivity contribution in [2.75, 3.05) is 19.8 Å². The summed E-state index contributed by atoms with van der Waals surface area (Å²) in [5, 5.41) is 0. The molecule has 0 bridgehead atoms. The topological polar surface area (TPSA) is 18.5 Å². The fourth-order valence-corrected chi connectivity index (χ4v) is 3.15. The molecule has 1 aromatic rings. The van der Waals surface area contributed by atoms with E-state index in [2.05, 4.69) is 6.92 Å². The van der Waals surface area contributed by atoms with Crippen LogP contribution < -0.4 is 4.74 Å². The Balaban J connectivity index is 2.19. The average Bonchev–Trinajstić information content (AvgIpc) is 2.32. The van der Waals surface area contributed by atoms with E-state index in [0.717, 1.165) is 24.2 Å². The van der Waals surface area contributed by atoms with Gasteiger partial charge in [-0.25, -0.2) is 4.39 Å². The monoisotopic (exact) mass is 236 g/mol. The van der Waals surface area contributed by atoms with Gasteiger partial charge in [-0.2, -0.15) is 0 Å². The molecule has 92 valence electrons. The van der Waals surface area contributed by atoms with Crippen LogP contribution in [0.4, 0.5) is 4.39 Å². The third kappa shape index (κ3) is 1.48. The van der Waals surface area contributed by atoms with Crippen LogP contribution >= 0.6 is 0 Å². The molecule has 2 aliphatic heterocycles. The Morgan fingerprint density at radius 1 is 1.35 bits per heavy atom. The first-order valence-corrected chi connectivity index (χ1v) is 6.13. The first-order valence-electron chi connectivity index (χ1n) is 6.13. The van der Waals surface area contributed by atoms with Gasteiger partial charge in [0.25, 0.3) is 0 Å². The van der Waals surface area contributed by atoms with E-state index in [-0.39, 0.29) is 11.2 Å². The molecule has 17 heavy (non-hydrogen) atoms. The molecule has 0 saturated carbocycles. The van der Waals surface area contributed by atoms with Crippen LogP contribution in [0, 0.1) is 18.7 Å². The zero-order valence-electron chi connectivity index (χ0n) is 10.3. The summed E-state index contributed by atoms with van der Waals surface area (Å²) in [4.78, 5) is 0. The molecule has 0 spiro atoms. The maximum Gasteiger partial charge on any atom is 0.165 e. The lowest BCUT2D eigenvalue weighted by molar-refractivity contribution is -0.0272. The molecule has 0 amide bonds. The van der Waals surface area contributed by atoms with Crippen LogP contribution in [0.2, 0.25) is 0 Å². The highest BCUT2D eigenvalue weighted by Crippen LogP contribution is 2.48. The van der Waals surface area contributed by atoms with E-state index in [1.54, 1.807) is 0 Å². The zero-order valence-corrected chi connectivity index (χ0v) is 10.3. The number of benzene rings is 1. The van der Waals surface area contributed by atoms with E-state index in [9.17, 15) is 4.39 Å². The number of hydrogen-bond donors (Lipinski definition) is 0. The van der Waals surface area contributed by atoms with E-state index in [4.69, 9.17) is 9.47 Å². The predicted octanol–water partition coefficient (Wildman–Crippen LogP) is 2.82. The molecule has 1 fully saturated rings. The summed E-state index contributed by atoms with van der Waals surface area (Å²) in [7, 11) is 0. The molecule has 3 heteroatoms. The number of fused-ring (bicyclic) bond motifs is 3. The highest BCUT2D eigenvalue weighted by atomic mass is 19.1. The molecule has 3 rings (SSSR count). The van der Waals surface area contributed by atoms with Crippen molar-refractivity contribution in [1.29, 1.82) is 0 Å². The number of rotatable bonds is 0. The molecule has 1 unspecified atom stereocenters. The van der Waals surface area contributed by atoms with Crippen molar-refractivity contribution < 1.29 is 13.9 Å². The van der Waals surface area contributed by atoms with Crippen molar-refractivity contribution in [2.45, 2.75) is 25.7 Å². The molecule has 2 aliphatic rings. The van der Waals surface area contributed by atoms with Crippen molar-refractivity contribution in [3.05, 3.63) is 29.1 Å². The van der Waals surface area contributed by atoms with Crippen LogP contribution in [0.3, 0.4) is 0 Å². The first-order chi connectivity index (χ1) is 8.13. The Morgan fingerprint density at radius 3 is 3.00 bits per heavy atom. The van der Waals surface area contributed by atoms with Gasteiger partial charge in [0, 0.05) is 23.5 Å². The van der Waals surface area contributed by atoms with E-state index in [1.165, 1.54) is 6.07 Å². The SMILES string of the molecule is Cc1ccc(F)c2c1[C@]1(C)CCOCC1CO2. The molecule has 2 atom stereocenters. The van der Waals surface area contributed by atoms with Gasteiger partial charge in [-0.3, -0.25) is 0 Å². The lowest BCUT2D eigenvalue weighted by atomic mass is 9.66. The Bertz CT molecular complexity index is 458.